The minimum absolute atomic E-state index is 0.146. The second kappa shape index (κ2) is 10.5. The third-order valence-electron chi connectivity index (χ3n) is 7.07. The van der Waals surface area contributed by atoms with Crippen molar-refractivity contribution in [3.05, 3.63) is 94.6 Å². The number of nitrogens with one attached hydrogen (secondary N) is 1. The SMILES string of the molecule is COc1ccc(-c2cc3n(n2)C[C@@](C)(C(=O)NCc2ccccc2OC)N(c2ccc(C)c(Cl)c2)C3=O)cc1. The summed E-state index contributed by atoms with van der Waals surface area (Å²) in [6.45, 7) is 4.01. The van der Waals surface area contributed by atoms with Crippen LogP contribution in [0.25, 0.3) is 11.3 Å². The van der Waals surface area contributed by atoms with Crippen LogP contribution in [0.4, 0.5) is 5.69 Å². The van der Waals surface area contributed by atoms with Gasteiger partial charge in [0.1, 0.15) is 22.7 Å². The highest BCUT2D eigenvalue weighted by Crippen LogP contribution is 2.36. The number of hydrogen-bond donors (Lipinski definition) is 1. The van der Waals surface area contributed by atoms with Gasteiger partial charge < -0.3 is 14.8 Å². The quantitative estimate of drug-likeness (QED) is 0.343. The van der Waals surface area contributed by atoms with Gasteiger partial charge in [-0.15, -0.1) is 0 Å². The van der Waals surface area contributed by atoms with Crippen LogP contribution >= 0.6 is 11.6 Å². The smallest absolute Gasteiger partial charge is 0.277 e. The third-order valence-corrected chi connectivity index (χ3v) is 7.48. The molecule has 2 heterocycles. The van der Waals surface area contributed by atoms with Crippen LogP contribution in [0.3, 0.4) is 0 Å². The van der Waals surface area contributed by atoms with Crippen LogP contribution in [-0.4, -0.2) is 41.4 Å². The van der Waals surface area contributed by atoms with Gasteiger partial charge in [0, 0.05) is 28.4 Å². The summed E-state index contributed by atoms with van der Waals surface area (Å²) >= 11 is 6.46. The van der Waals surface area contributed by atoms with Crippen LogP contribution in [0, 0.1) is 6.92 Å². The molecule has 8 nitrogen and oxygen atoms in total. The van der Waals surface area contributed by atoms with Crippen molar-refractivity contribution >= 4 is 29.1 Å². The number of halogens is 1. The lowest BCUT2D eigenvalue weighted by molar-refractivity contribution is -0.126. The fourth-order valence-corrected chi connectivity index (χ4v) is 5.00. The largest absolute Gasteiger partial charge is 0.497 e. The molecule has 0 radical (unpaired) electrons. The molecule has 1 aliphatic heterocycles. The lowest BCUT2D eigenvalue weighted by atomic mass is 9.93. The number of hydrogen-bond acceptors (Lipinski definition) is 5. The van der Waals surface area contributed by atoms with Gasteiger partial charge in [-0.25, -0.2) is 0 Å². The first kappa shape index (κ1) is 26.3. The van der Waals surface area contributed by atoms with E-state index in [2.05, 4.69) is 5.32 Å². The van der Waals surface area contributed by atoms with Gasteiger partial charge in [-0.2, -0.15) is 5.10 Å². The van der Waals surface area contributed by atoms with Gasteiger partial charge in [-0.05, 0) is 67.9 Å². The number of carbonyl (C=O) groups is 2. The average Bonchev–Trinajstić information content (AvgIpc) is 3.37. The molecule has 0 aliphatic carbocycles. The van der Waals surface area contributed by atoms with E-state index in [0.717, 1.165) is 22.4 Å². The molecule has 2 amide bonds. The van der Waals surface area contributed by atoms with Crippen molar-refractivity contribution < 1.29 is 19.1 Å². The monoisotopic (exact) mass is 544 g/mol. The van der Waals surface area contributed by atoms with E-state index in [9.17, 15) is 9.59 Å². The number of fused-ring (bicyclic) bond motifs is 1. The maximum atomic E-state index is 14.1. The maximum absolute atomic E-state index is 14.1. The Morgan fingerprint density at radius 2 is 1.79 bits per heavy atom. The Morgan fingerprint density at radius 1 is 1.05 bits per heavy atom. The maximum Gasteiger partial charge on any atom is 0.277 e. The van der Waals surface area contributed by atoms with Crippen LogP contribution in [0.1, 0.15) is 28.5 Å². The summed E-state index contributed by atoms with van der Waals surface area (Å²) in [6, 6.07) is 22.0. The number of anilines is 1. The van der Waals surface area contributed by atoms with Gasteiger partial charge in [0.05, 0.1) is 26.5 Å². The Labute approximate surface area is 232 Å². The summed E-state index contributed by atoms with van der Waals surface area (Å²) in [5, 5.41) is 8.23. The van der Waals surface area contributed by atoms with E-state index >= 15 is 0 Å². The second-order valence-corrected chi connectivity index (χ2v) is 10.1. The molecule has 39 heavy (non-hydrogen) atoms. The molecule has 1 atom stereocenters. The summed E-state index contributed by atoms with van der Waals surface area (Å²) < 4.78 is 12.3. The molecule has 1 N–H and O–H groups in total. The Kier molecular flexibility index (Phi) is 7.06. The summed E-state index contributed by atoms with van der Waals surface area (Å²) in [6.07, 6.45) is 0. The highest BCUT2D eigenvalue weighted by molar-refractivity contribution is 6.31. The summed E-state index contributed by atoms with van der Waals surface area (Å²) in [4.78, 5) is 29.5. The average molecular weight is 545 g/mol. The molecule has 0 fully saturated rings. The van der Waals surface area contributed by atoms with Gasteiger partial charge in [0.15, 0.2) is 0 Å². The van der Waals surface area contributed by atoms with E-state index in [1.54, 1.807) is 44.0 Å². The zero-order valence-corrected chi connectivity index (χ0v) is 23.0. The van der Waals surface area contributed by atoms with Crippen molar-refractivity contribution in [2.75, 3.05) is 19.1 Å². The predicted molar refractivity (Wildman–Crippen MR) is 150 cm³/mol. The topological polar surface area (TPSA) is 85.7 Å². The van der Waals surface area contributed by atoms with Crippen molar-refractivity contribution in [3.8, 4) is 22.8 Å². The van der Waals surface area contributed by atoms with Crippen molar-refractivity contribution in [2.45, 2.75) is 32.5 Å². The van der Waals surface area contributed by atoms with Crippen LogP contribution in [0.5, 0.6) is 11.5 Å². The number of nitrogens with zero attached hydrogens (tertiary/aromatic N) is 3. The minimum Gasteiger partial charge on any atom is -0.497 e. The number of para-hydroxylation sites is 1. The highest BCUT2D eigenvalue weighted by Gasteiger charge is 2.49. The molecule has 200 valence electrons. The normalized spacial score (nSPS) is 16.5. The lowest BCUT2D eigenvalue weighted by Crippen LogP contribution is -2.64. The number of benzene rings is 3. The number of aryl methyl sites for hydroxylation is 1. The van der Waals surface area contributed by atoms with Crippen molar-refractivity contribution in [2.24, 2.45) is 0 Å². The van der Waals surface area contributed by atoms with Crippen molar-refractivity contribution in [1.82, 2.24) is 15.1 Å². The molecule has 1 aliphatic rings. The number of aromatic nitrogens is 2. The third kappa shape index (κ3) is 4.83. The van der Waals surface area contributed by atoms with Crippen molar-refractivity contribution in [3.63, 3.8) is 0 Å². The molecular formula is C30H29ClN4O4. The summed E-state index contributed by atoms with van der Waals surface area (Å²) in [7, 11) is 3.19. The fourth-order valence-electron chi connectivity index (χ4n) is 4.82. The molecule has 0 saturated carbocycles. The van der Waals surface area contributed by atoms with E-state index < -0.39 is 5.54 Å². The van der Waals surface area contributed by atoms with Gasteiger partial charge in [-0.1, -0.05) is 35.9 Å². The molecule has 0 bridgehead atoms. The van der Waals surface area contributed by atoms with E-state index in [0.29, 0.717) is 27.8 Å². The van der Waals surface area contributed by atoms with E-state index in [-0.39, 0.29) is 24.9 Å². The molecule has 0 unspecified atom stereocenters. The number of methoxy groups -OCH3 is 2. The van der Waals surface area contributed by atoms with E-state index in [1.807, 2.05) is 61.5 Å². The molecule has 0 saturated heterocycles. The first-order valence-corrected chi connectivity index (χ1v) is 12.9. The number of amides is 2. The first-order chi connectivity index (χ1) is 18.7. The zero-order valence-electron chi connectivity index (χ0n) is 22.2. The van der Waals surface area contributed by atoms with Gasteiger partial charge in [0.2, 0.25) is 5.91 Å². The van der Waals surface area contributed by atoms with Crippen molar-refractivity contribution in [1.29, 1.82) is 0 Å². The minimum atomic E-state index is -1.30. The van der Waals surface area contributed by atoms with Crippen LogP contribution in [0.2, 0.25) is 5.02 Å². The summed E-state index contributed by atoms with van der Waals surface area (Å²) in [5.41, 5.74) is 2.77. The fraction of sp³-hybridized carbons (Fsp3) is 0.233. The van der Waals surface area contributed by atoms with Crippen LogP contribution < -0.4 is 19.7 Å². The molecule has 3 aromatic carbocycles. The molecule has 9 heteroatoms. The van der Waals surface area contributed by atoms with Gasteiger partial charge in [0.25, 0.3) is 5.91 Å². The highest BCUT2D eigenvalue weighted by atomic mass is 35.5. The van der Waals surface area contributed by atoms with Crippen LogP contribution in [0.15, 0.2) is 72.8 Å². The predicted octanol–water partition coefficient (Wildman–Crippen LogP) is 5.26. The molecular weight excluding hydrogens is 516 g/mol. The molecule has 0 spiro atoms. The molecule has 5 rings (SSSR count). The number of ether oxygens (including phenoxy) is 2. The van der Waals surface area contributed by atoms with Gasteiger partial charge in [-0.3, -0.25) is 19.2 Å². The Bertz CT molecular complexity index is 1550. The molecule has 4 aromatic rings. The standard InChI is InChI=1S/C30H29ClN4O4/c1-19-9-12-22(15-24(19)31)35-28(36)26-16-25(20-10-13-23(38-3)14-11-20)33-34(26)18-30(35,2)29(37)32-17-21-7-5-6-8-27(21)39-4/h5-16H,17-18H2,1-4H3,(H,32,37)/t30-/m0/s1. The van der Waals surface area contributed by atoms with E-state index in [1.165, 1.54) is 4.90 Å². The number of rotatable bonds is 7. The Balaban J connectivity index is 1.54. The number of carbonyl (C=O) groups excluding carboxylic acids is 2. The summed E-state index contributed by atoms with van der Waals surface area (Å²) in [5.74, 6) is 0.720. The lowest BCUT2D eigenvalue weighted by Gasteiger charge is -2.43. The van der Waals surface area contributed by atoms with Crippen LogP contribution in [-0.2, 0) is 17.9 Å². The Hall–Kier alpha value is -4.30. The van der Waals surface area contributed by atoms with E-state index in [4.69, 9.17) is 26.2 Å². The second-order valence-electron chi connectivity index (χ2n) is 9.64. The van der Waals surface area contributed by atoms with Gasteiger partial charge >= 0.3 is 0 Å². The Morgan fingerprint density at radius 3 is 2.49 bits per heavy atom. The zero-order chi connectivity index (χ0) is 27.7. The molecule has 1 aromatic heterocycles. The first-order valence-electron chi connectivity index (χ1n) is 12.5.